The Morgan fingerprint density at radius 1 is 0.733 bits per heavy atom. The predicted molar refractivity (Wildman–Crippen MR) is 128 cm³/mol. The fourth-order valence-electron chi connectivity index (χ4n) is 5.39. The fourth-order valence-corrected chi connectivity index (χ4v) is 8.25. The van der Waals surface area contributed by atoms with Gasteiger partial charge < -0.3 is 0 Å². The smallest absolute Gasteiger partial charge is 0.0705 e. The number of para-hydroxylation sites is 1. The van der Waals surface area contributed by atoms with E-state index in [9.17, 15) is 0 Å². The quantitative estimate of drug-likeness (QED) is 0.368. The van der Waals surface area contributed by atoms with E-state index < -0.39 is 7.92 Å². The second kappa shape index (κ2) is 7.18. The van der Waals surface area contributed by atoms with E-state index in [1.165, 1.54) is 40.1 Å². The third-order valence-electron chi connectivity index (χ3n) is 6.75. The number of allylic oxidation sites excluding steroid dienone is 2. The summed E-state index contributed by atoms with van der Waals surface area (Å²) < 4.78 is 0. The largest absolute Gasteiger partial charge is 0.252 e. The van der Waals surface area contributed by atoms with Crippen molar-refractivity contribution in [1.29, 1.82) is 0 Å². The highest BCUT2D eigenvalue weighted by atomic mass is 31.1. The van der Waals surface area contributed by atoms with Gasteiger partial charge in [0.05, 0.1) is 11.2 Å². The number of nitrogens with zero attached hydrogens (tertiary/aromatic N) is 1. The highest BCUT2D eigenvalue weighted by Gasteiger charge is 2.48. The minimum absolute atomic E-state index is 0.0940. The van der Waals surface area contributed by atoms with Crippen molar-refractivity contribution in [2.24, 2.45) is 0 Å². The molecule has 0 amide bonds. The average molecular weight is 405 g/mol. The van der Waals surface area contributed by atoms with Crippen LogP contribution in [0.1, 0.15) is 30.5 Å². The number of hydrogen-bond acceptors (Lipinski definition) is 1. The molecule has 146 valence electrons. The molecular formula is C28H24NP. The van der Waals surface area contributed by atoms with Gasteiger partial charge in [0.1, 0.15) is 0 Å². The van der Waals surface area contributed by atoms with E-state index in [4.69, 9.17) is 4.98 Å². The third-order valence-corrected chi connectivity index (χ3v) is 9.47. The Morgan fingerprint density at radius 2 is 1.40 bits per heavy atom. The van der Waals surface area contributed by atoms with Gasteiger partial charge in [-0.15, -0.1) is 0 Å². The highest BCUT2D eigenvalue weighted by Crippen LogP contribution is 2.61. The molecule has 0 unspecified atom stereocenters. The van der Waals surface area contributed by atoms with Crippen molar-refractivity contribution < 1.29 is 0 Å². The number of aromatic nitrogens is 1. The molecule has 0 radical (unpaired) electrons. The summed E-state index contributed by atoms with van der Waals surface area (Å²) in [6.45, 7) is 0. The van der Waals surface area contributed by atoms with Gasteiger partial charge in [0.2, 0.25) is 0 Å². The first kappa shape index (κ1) is 18.0. The van der Waals surface area contributed by atoms with Crippen LogP contribution in [0.3, 0.4) is 0 Å². The second-order valence-corrected chi connectivity index (χ2v) is 10.6. The number of hydrogen-bond donors (Lipinski definition) is 0. The van der Waals surface area contributed by atoms with Crippen LogP contribution in [0.25, 0.3) is 10.9 Å². The van der Waals surface area contributed by atoms with Crippen LogP contribution in [0.4, 0.5) is 0 Å². The summed E-state index contributed by atoms with van der Waals surface area (Å²) >= 11 is 0. The lowest BCUT2D eigenvalue weighted by molar-refractivity contribution is 0.501. The Bertz CT molecular complexity index is 1210. The van der Waals surface area contributed by atoms with Crippen molar-refractivity contribution in [1.82, 2.24) is 4.98 Å². The van der Waals surface area contributed by atoms with E-state index in [1.54, 1.807) is 5.31 Å². The van der Waals surface area contributed by atoms with Gasteiger partial charge in [0, 0.05) is 10.8 Å². The van der Waals surface area contributed by atoms with E-state index in [2.05, 4.69) is 97.1 Å². The van der Waals surface area contributed by atoms with Gasteiger partial charge in [-0.3, -0.25) is 4.98 Å². The standard InChI is InChI=1S/C28H24NP/c1-3-11-23(12-4-1)30(24-13-5-2-6-14-24)26-16-9-18-28(26)19-17-22-20-21-10-7-8-15-25(21)29-27(22)28/h1-8,10-16,20H,9,17-19H2/t28-/m1/s1. The zero-order valence-corrected chi connectivity index (χ0v) is 17.9. The normalized spacial score (nSPS) is 20.1. The Morgan fingerprint density at radius 3 is 2.13 bits per heavy atom. The lowest BCUT2D eigenvalue weighted by Gasteiger charge is -2.34. The van der Waals surface area contributed by atoms with Gasteiger partial charge in [0.15, 0.2) is 0 Å². The summed E-state index contributed by atoms with van der Waals surface area (Å²) in [4.78, 5) is 5.28. The molecule has 0 aliphatic heterocycles. The maximum Gasteiger partial charge on any atom is 0.0705 e. The molecule has 1 aromatic heterocycles. The van der Waals surface area contributed by atoms with Crippen LogP contribution in [-0.2, 0) is 11.8 Å². The van der Waals surface area contributed by atoms with Gasteiger partial charge in [-0.1, -0.05) is 84.9 Å². The molecule has 2 aliphatic rings. The zero-order valence-electron chi connectivity index (χ0n) is 17.0. The first-order chi connectivity index (χ1) is 14.9. The van der Waals surface area contributed by atoms with Gasteiger partial charge in [-0.2, -0.15) is 0 Å². The lowest BCUT2D eigenvalue weighted by atomic mass is 9.84. The van der Waals surface area contributed by atoms with Crippen molar-refractivity contribution in [3.63, 3.8) is 0 Å². The second-order valence-electron chi connectivity index (χ2n) is 8.41. The Hall–Kier alpha value is -2.76. The van der Waals surface area contributed by atoms with E-state index in [1.807, 2.05) is 0 Å². The summed E-state index contributed by atoms with van der Waals surface area (Å²) in [6.07, 6.45) is 7.23. The van der Waals surface area contributed by atoms with Gasteiger partial charge >= 0.3 is 0 Å². The molecule has 2 heteroatoms. The molecule has 1 heterocycles. The molecule has 3 aromatic carbocycles. The van der Waals surface area contributed by atoms with E-state index in [-0.39, 0.29) is 5.41 Å². The van der Waals surface area contributed by atoms with Crippen LogP contribution in [-0.4, -0.2) is 4.98 Å². The molecular weight excluding hydrogens is 381 g/mol. The van der Waals surface area contributed by atoms with Crippen LogP contribution in [0.2, 0.25) is 0 Å². The molecule has 1 spiro atoms. The summed E-state index contributed by atoms with van der Waals surface area (Å²) in [5.74, 6) is 0. The minimum atomic E-state index is -0.558. The predicted octanol–water partition coefficient (Wildman–Crippen LogP) is 6.23. The number of benzene rings is 3. The number of fused-ring (bicyclic) bond motifs is 3. The number of rotatable bonds is 3. The SMILES string of the molecule is C1=C(P(c2ccccc2)c2ccccc2)[C@@]2(CC1)CCc1cc3ccccc3nc12. The van der Waals surface area contributed by atoms with E-state index in [0.717, 1.165) is 18.4 Å². The average Bonchev–Trinajstić information content (AvgIpc) is 3.39. The number of aryl methyl sites for hydroxylation is 1. The highest BCUT2D eigenvalue weighted by molar-refractivity contribution is 7.76. The topological polar surface area (TPSA) is 12.9 Å². The maximum absolute atomic E-state index is 5.28. The monoisotopic (exact) mass is 405 g/mol. The Balaban J connectivity index is 1.54. The van der Waals surface area contributed by atoms with Crippen LogP contribution in [0, 0.1) is 0 Å². The van der Waals surface area contributed by atoms with Crippen LogP contribution < -0.4 is 10.6 Å². The van der Waals surface area contributed by atoms with Crippen molar-refractivity contribution >= 4 is 29.4 Å². The third kappa shape index (κ3) is 2.76. The fraction of sp³-hybridized carbons (Fsp3) is 0.179. The van der Waals surface area contributed by atoms with Crippen molar-refractivity contribution in [3.05, 3.63) is 114 Å². The molecule has 1 atom stereocenters. The van der Waals surface area contributed by atoms with Gasteiger partial charge in [-0.05, 0) is 67.2 Å². The molecule has 0 N–H and O–H groups in total. The Kier molecular flexibility index (Phi) is 4.32. The summed E-state index contributed by atoms with van der Waals surface area (Å²) in [7, 11) is -0.558. The molecule has 2 aliphatic carbocycles. The molecule has 0 saturated carbocycles. The lowest BCUT2D eigenvalue weighted by Crippen LogP contribution is -2.27. The molecule has 6 rings (SSSR count). The minimum Gasteiger partial charge on any atom is -0.252 e. The molecule has 0 saturated heterocycles. The van der Waals surface area contributed by atoms with E-state index in [0.29, 0.717) is 0 Å². The maximum atomic E-state index is 5.28. The first-order valence-electron chi connectivity index (χ1n) is 10.9. The van der Waals surface area contributed by atoms with Gasteiger partial charge in [-0.25, -0.2) is 0 Å². The van der Waals surface area contributed by atoms with Crippen molar-refractivity contribution in [3.8, 4) is 0 Å². The molecule has 4 aromatic rings. The molecule has 30 heavy (non-hydrogen) atoms. The summed E-state index contributed by atoms with van der Waals surface area (Å²) in [6, 6.07) is 33.2. The zero-order chi connectivity index (χ0) is 20.0. The van der Waals surface area contributed by atoms with Crippen LogP contribution in [0.15, 0.2) is 102 Å². The van der Waals surface area contributed by atoms with Crippen LogP contribution in [0.5, 0.6) is 0 Å². The van der Waals surface area contributed by atoms with Gasteiger partial charge in [0.25, 0.3) is 0 Å². The number of pyridine rings is 1. The summed E-state index contributed by atoms with van der Waals surface area (Å²) in [5, 5.41) is 5.78. The molecule has 0 fully saturated rings. The first-order valence-corrected chi connectivity index (χ1v) is 12.2. The summed E-state index contributed by atoms with van der Waals surface area (Å²) in [5.41, 5.74) is 4.03. The molecule has 1 nitrogen and oxygen atoms in total. The Labute approximate surface area is 179 Å². The van der Waals surface area contributed by atoms with Crippen LogP contribution >= 0.6 is 7.92 Å². The van der Waals surface area contributed by atoms with Crippen molar-refractivity contribution in [2.45, 2.75) is 31.1 Å². The van der Waals surface area contributed by atoms with Crippen molar-refractivity contribution in [2.75, 3.05) is 0 Å². The molecule has 0 bridgehead atoms. The van der Waals surface area contributed by atoms with E-state index >= 15 is 0 Å².